The first kappa shape index (κ1) is 14.8. The van der Waals surface area contributed by atoms with Gasteiger partial charge in [0.2, 0.25) is 0 Å². The first-order valence-electron chi connectivity index (χ1n) is 6.30. The third-order valence-corrected chi connectivity index (χ3v) is 3.03. The Morgan fingerprint density at radius 2 is 1.83 bits per heavy atom. The second-order valence-corrected chi connectivity index (χ2v) is 4.41. The zero-order valence-corrected chi connectivity index (χ0v) is 11.3. The Labute approximate surface area is 108 Å². The van der Waals surface area contributed by atoms with Gasteiger partial charge >= 0.3 is 12.1 Å². The van der Waals surface area contributed by atoms with Crippen molar-refractivity contribution in [1.29, 1.82) is 0 Å². The van der Waals surface area contributed by atoms with Gasteiger partial charge in [0.15, 0.2) is 0 Å². The number of amides is 1. The van der Waals surface area contributed by atoms with Gasteiger partial charge in [0.25, 0.3) is 0 Å². The lowest BCUT2D eigenvalue weighted by Gasteiger charge is -2.34. The van der Waals surface area contributed by atoms with Gasteiger partial charge in [-0.25, -0.2) is 4.79 Å². The van der Waals surface area contributed by atoms with E-state index < -0.39 is 0 Å². The highest BCUT2D eigenvalue weighted by Crippen LogP contribution is 2.08. The summed E-state index contributed by atoms with van der Waals surface area (Å²) in [6, 6.07) is 0. The van der Waals surface area contributed by atoms with E-state index in [2.05, 4.69) is 4.90 Å². The molecule has 0 aromatic carbocycles. The van der Waals surface area contributed by atoms with Crippen LogP contribution >= 0.6 is 0 Å². The molecule has 1 amide bonds. The molecule has 104 valence electrons. The van der Waals surface area contributed by atoms with E-state index in [4.69, 9.17) is 9.47 Å². The Hall–Kier alpha value is -1.30. The number of methoxy groups -OCH3 is 1. The number of carbonyl (C=O) groups is 2. The van der Waals surface area contributed by atoms with Crippen molar-refractivity contribution in [2.75, 3.05) is 46.4 Å². The van der Waals surface area contributed by atoms with Crippen LogP contribution in [0.15, 0.2) is 0 Å². The Bertz CT molecular complexity index is 288. The summed E-state index contributed by atoms with van der Waals surface area (Å²) in [5.41, 5.74) is 0. The lowest BCUT2D eigenvalue weighted by atomic mass is 10.1. The minimum absolute atomic E-state index is 0.135. The van der Waals surface area contributed by atoms with Gasteiger partial charge < -0.3 is 14.4 Å². The number of piperazine rings is 1. The van der Waals surface area contributed by atoms with E-state index in [9.17, 15) is 9.59 Å². The van der Waals surface area contributed by atoms with Crippen LogP contribution in [0.1, 0.15) is 13.8 Å². The maximum atomic E-state index is 11.5. The largest absolute Gasteiger partial charge is 0.469 e. The number of carbonyl (C=O) groups excluding carboxylic acids is 2. The molecule has 0 N–H and O–H groups in total. The molecule has 6 heteroatoms. The van der Waals surface area contributed by atoms with Crippen LogP contribution in [0.2, 0.25) is 0 Å². The monoisotopic (exact) mass is 258 g/mol. The Morgan fingerprint density at radius 3 is 2.33 bits per heavy atom. The van der Waals surface area contributed by atoms with Gasteiger partial charge in [-0.15, -0.1) is 0 Å². The predicted molar refractivity (Wildman–Crippen MR) is 66.2 cm³/mol. The Morgan fingerprint density at radius 1 is 1.22 bits per heavy atom. The number of ether oxygens (including phenoxy) is 2. The third kappa shape index (κ3) is 4.18. The molecule has 1 heterocycles. The maximum Gasteiger partial charge on any atom is 0.409 e. The molecule has 1 atom stereocenters. The van der Waals surface area contributed by atoms with Crippen LogP contribution in [0.5, 0.6) is 0 Å². The fourth-order valence-corrected chi connectivity index (χ4v) is 1.99. The fraction of sp³-hybridized carbons (Fsp3) is 0.833. The second kappa shape index (κ2) is 7.20. The summed E-state index contributed by atoms with van der Waals surface area (Å²) in [6.45, 7) is 7.54. The molecule has 1 rings (SSSR count). The molecule has 1 aliphatic rings. The van der Waals surface area contributed by atoms with Gasteiger partial charge in [-0.05, 0) is 6.92 Å². The molecule has 0 bridgehead atoms. The summed E-state index contributed by atoms with van der Waals surface area (Å²) in [5, 5.41) is 0. The zero-order chi connectivity index (χ0) is 13.5. The van der Waals surface area contributed by atoms with Crippen molar-refractivity contribution in [3.63, 3.8) is 0 Å². The third-order valence-electron chi connectivity index (χ3n) is 3.03. The van der Waals surface area contributed by atoms with E-state index >= 15 is 0 Å². The van der Waals surface area contributed by atoms with E-state index in [0.29, 0.717) is 26.2 Å². The molecule has 0 aliphatic carbocycles. The predicted octanol–water partition coefficient (Wildman–Crippen LogP) is 0.570. The summed E-state index contributed by atoms with van der Waals surface area (Å²) in [5.74, 6) is -0.327. The topological polar surface area (TPSA) is 59.1 Å². The lowest BCUT2D eigenvalue weighted by Crippen LogP contribution is -2.50. The molecule has 0 saturated carbocycles. The molecule has 6 nitrogen and oxygen atoms in total. The number of hydrogen-bond acceptors (Lipinski definition) is 5. The fourth-order valence-electron chi connectivity index (χ4n) is 1.99. The number of hydrogen-bond donors (Lipinski definition) is 0. The average molecular weight is 258 g/mol. The van der Waals surface area contributed by atoms with Crippen LogP contribution in [0, 0.1) is 5.92 Å². The van der Waals surface area contributed by atoms with Crippen LogP contribution in [-0.4, -0.2) is 68.3 Å². The van der Waals surface area contributed by atoms with Crippen LogP contribution in [0.3, 0.4) is 0 Å². The number of nitrogens with zero attached hydrogens (tertiary/aromatic N) is 2. The van der Waals surface area contributed by atoms with Crippen LogP contribution in [0.25, 0.3) is 0 Å². The standard InChI is InChI=1S/C12H22N2O4/c1-4-18-12(16)14-7-5-13(6-8-14)9-10(2)11(15)17-3/h10H,4-9H2,1-3H3. The maximum absolute atomic E-state index is 11.5. The first-order chi connectivity index (χ1) is 8.58. The molecule has 0 aromatic rings. The van der Waals surface area contributed by atoms with Crippen LogP contribution in [0.4, 0.5) is 4.79 Å². The molecule has 1 saturated heterocycles. The van der Waals surface area contributed by atoms with Crippen molar-refractivity contribution in [2.45, 2.75) is 13.8 Å². The number of esters is 1. The molecular formula is C12H22N2O4. The molecule has 0 aromatic heterocycles. The highest BCUT2D eigenvalue weighted by Gasteiger charge is 2.24. The van der Waals surface area contributed by atoms with E-state index in [1.165, 1.54) is 7.11 Å². The van der Waals surface area contributed by atoms with E-state index in [0.717, 1.165) is 13.1 Å². The second-order valence-electron chi connectivity index (χ2n) is 4.41. The summed E-state index contributed by atoms with van der Waals surface area (Å²) < 4.78 is 9.64. The first-order valence-corrected chi connectivity index (χ1v) is 6.30. The molecule has 1 unspecified atom stereocenters. The lowest BCUT2D eigenvalue weighted by molar-refractivity contribution is -0.145. The van der Waals surface area contributed by atoms with Crippen molar-refractivity contribution in [3.05, 3.63) is 0 Å². The average Bonchev–Trinajstić information content (AvgIpc) is 2.38. The van der Waals surface area contributed by atoms with Crippen LogP contribution < -0.4 is 0 Å². The minimum Gasteiger partial charge on any atom is -0.469 e. The molecular weight excluding hydrogens is 236 g/mol. The van der Waals surface area contributed by atoms with Crippen LogP contribution in [-0.2, 0) is 14.3 Å². The van der Waals surface area contributed by atoms with E-state index in [-0.39, 0.29) is 18.0 Å². The quantitative estimate of drug-likeness (QED) is 0.690. The van der Waals surface area contributed by atoms with E-state index in [1.807, 2.05) is 6.92 Å². The van der Waals surface area contributed by atoms with Gasteiger partial charge in [0, 0.05) is 32.7 Å². The van der Waals surface area contributed by atoms with Gasteiger partial charge in [-0.1, -0.05) is 6.92 Å². The van der Waals surface area contributed by atoms with Crippen molar-refractivity contribution in [2.24, 2.45) is 5.92 Å². The minimum atomic E-state index is -0.252. The smallest absolute Gasteiger partial charge is 0.409 e. The molecule has 0 radical (unpaired) electrons. The summed E-state index contributed by atoms with van der Waals surface area (Å²) in [7, 11) is 1.40. The van der Waals surface area contributed by atoms with Gasteiger partial charge in [0.05, 0.1) is 19.6 Å². The van der Waals surface area contributed by atoms with Crippen molar-refractivity contribution < 1.29 is 19.1 Å². The highest BCUT2D eigenvalue weighted by atomic mass is 16.6. The number of rotatable bonds is 4. The van der Waals surface area contributed by atoms with Crippen molar-refractivity contribution in [1.82, 2.24) is 9.80 Å². The molecule has 18 heavy (non-hydrogen) atoms. The Balaban J connectivity index is 2.31. The molecule has 0 spiro atoms. The van der Waals surface area contributed by atoms with Gasteiger partial charge in [-0.2, -0.15) is 0 Å². The summed E-state index contributed by atoms with van der Waals surface area (Å²) in [6.07, 6.45) is -0.252. The normalized spacial score (nSPS) is 18.3. The van der Waals surface area contributed by atoms with Gasteiger partial charge in [-0.3, -0.25) is 9.69 Å². The Kier molecular flexibility index (Phi) is 5.91. The molecule has 1 fully saturated rings. The van der Waals surface area contributed by atoms with Gasteiger partial charge in [0.1, 0.15) is 0 Å². The van der Waals surface area contributed by atoms with E-state index in [1.54, 1.807) is 11.8 Å². The highest BCUT2D eigenvalue weighted by molar-refractivity contribution is 5.72. The SMILES string of the molecule is CCOC(=O)N1CCN(CC(C)C(=O)OC)CC1. The van der Waals surface area contributed by atoms with Crippen molar-refractivity contribution >= 4 is 12.1 Å². The van der Waals surface area contributed by atoms with Crippen molar-refractivity contribution in [3.8, 4) is 0 Å². The summed E-state index contributed by atoms with van der Waals surface area (Å²) in [4.78, 5) is 26.7. The summed E-state index contributed by atoms with van der Waals surface area (Å²) >= 11 is 0. The zero-order valence-electron chi connectivity index (χ0n) is 11.3. The molecule has 1 aliphatic heterocycles.